The van der Waals surface area contributed by atoms with Crippen molar-refractivity contribution in [3.05, 3.63) is 71.9 Å². The standard InChI is InChI=1S/C11H10F6.C8H12/c1-7-3-2-4-8(6-5-7)9(10(12,13)14)11(15,16)17;1-4-6-8(3)7-5-2/h2-3,5-6,9H,4H2,1H3;4-7H,1H2,2-3H3/b;7-5-,8-6-. The lowest BCUT2D eigenvalue weighted by atomic mass is 9.94. The molecule has 0 aromatic heterocycles. The molecule has 0 spiro atoms. The van der Waals surface area contributed by atoms with Crippen molar-refractivity contribution in [1.29, 1.82) is 0 Å². The first-order valence-electron chi connectivity index (χ1n) is 7.52. The van der Waals surface area contributed by atoms with E-state index in [0.29, 0.717) is 5.57 Å². The maximum absolute atomic E-state index is 12.4. The van der Waals surface area contributed by atoms with Crippen molar-refractivity contribution >= 4 is 0 Å². The molecule has 0 aliphatic heterocycles. The van der Waals surface area contributed by atoms with E-state index >= 15 is 0 Å². The lowest BCUT2D eigenvalue weighted by Crippen LogP contribution is -2.37. The zero-order valence-corrected chi connectivity index (χ0v) is 14.4. The van der Waals surface area contributed by atoms with E-state index in [2.05, 4.69) is 6.58 Å². The van der Waals surface area contributed by atoms with Crippen LogP contribution >= 0.6 is 0 Å². The van der Waals surface area contributed by atoms with Gasteiger partial charge in [-0.2, -0.15) is 26.3 Å². The van der Waals surface area contributed by atoms with Crippen LogP contribution in [0.3, 0.4) is 0 Å². The maximum Gasteiger partial charge on any atom is 0.404 e. The average molecular weight is 364 g/mol. The average Bonchev–Trinajstić information content (AvgIpc) is 2.62. The topological polar surface area (TPSA) is 0 Å². The molecule has 0 N–H and O–H groups in total. The van der Waals surface area contributed by atoms with E-state index in [1.165, 1.54) is 23.8 Å². The number of allylic oxidation sites excluding steroid dienone is 11. The van der Waals surface area contributed by atoms with Gasteiger partial charge >= 0.3 is 12.4 Å². The van der Waals surface area contributed by atoms with Crippen LogP contribution in [0, 0.1) is 5.92 Å². The number of halogens is 6. The highest BCUT2D eigenvalue weighted by atomic mass is 19.4. The highest BCUT2D eigenvalue weighted by Crippen LogP contribution is 2.45. The second-order valence-electron chi connectivity index (χ2n) is 5.42. The molecule has 0 saturated carbocycles. The largest absolute Gasteiger partial charge is 0.404 e. The van der Waals surface area contributed by atoms with Crippen LogP contribution in [-0.2, 0) is 0 Å². The molecule has 0 heterocycles. The van der Waals surface area contributed by atoms with Crippen LogP contribution < -0.4 is 0 Å². The van der Waals surface area contributed by atoms with Crippen LogP contribution in [0.4, 0.5) is 26.3 Å². The quantitative estimate of drug-likeness (QED) is 0.365. The number of alkyl halides is 6. The third-order valence-electron chi connectivity index (χ3n) is 3.13. The van der Waals surface area contributed by atoms with Crippen molar-refractivity contribution < 1.29 is 26.3 Å². The Bertz CT molecular complexity index is 566. The number of rotatable bonds is 3. The van der Waals surface area contributed by atoms with E-state index < -0.39 is 23.8 Å². The summed E-state index contributed by atoms with van der Waals surface area (Å²) in [5.74, 6) is -3.39. The van der Waals surface area contributed by atoms with Crippen molar-refractivity contribution in [2.75, 3.05) is 0 Å². The fourth-order valence-electron chi connectivity index (χ4n) is 2.07. The van der Waals surface area contributed by atoms with E-state index in [-0.39, 0.29) is 6.42 Å². The molecule has 0 radical (unpaired) electrons. The van der Waals surface area contributed by atoms with E-state index in [1.807, 2.05) is 32.1 Å². The summed E-state index contributed by atoms with van der Waals surface area (Å²) >= 11 is 0. The fraction of sp³-hybridized carbons (Fsp3) is 0.368. The number of hydrogen-bond acceptors (Lipinski definition) is 0. The molecule has 25 heavy (non-hydrogen) atoms. The van der Waals surface area contributed by atoms with Crippen molar-refractivity contribution in [3.63, 3.8) is 0 Å². The summed E-state index contributed by atoms with van der Waals surface area (Å²) in [6.45, 7) is 9.22. The molecule has 0 unspecified atom stereocenters. The fourth-order valence-corrected chi connectivity index (χ4v) is 2.07. The van der Waals surface area contributed by atoms with Gasteiger partial charge in [0.25, 0.3) is 0 Å². The van der Waals surface area contributed by atoms with Crippen molar-refractivity contribution in [2.24, 2.45) is 5.92 Å². The maximum atomic E-state index is 12.4. The molecule has 0 nitrogen and oxygen atoms in total. The van der Waals surface area contributed by atoms with E-state index in [4.69, 9.17) is 0 Å². The molecule has 0 bridgehead atoms. The third-order valence-corrected chi connectivity index (χ3v) is 3.13. The molecule has 0 amide bonds. The Morgan fingerprint density at radius 2 is 1.68 bits per heavy atom. The monoisotopic (exact) mass is 364 g/mol. The van der Waals surface area contributed by atoms with Crippen LogP contribution in [0.25, 0.3) is 0 Å². The molecule has 0 aromatic carbocycles. The first kappa shape index (κ1) is 23.0. The Balaban J connectivity index is 0.000000609. The van der Waals surface area contributed by atoms with Crippen molar-refractivity contribution in [3.8, 4) is 0 Å². The molecule has 140 valence electrons. The Hall–Kier alpha value is -1.98. The van der Waals surface area contributed by atoms with Gasteiger partial charge in [-0.25, -0.2) is 0 Å². The molecule has 1 aliphatic carbocycles. The van der Waals surface area contributed by atoms with Crippen LogP contribution in [-0.4, -0.2) is 12.4 Å². The SMILES string of the molecule is C=C/C=C(C)\C=C/C.CC1=CC=C(C(C(F)(F)F)C(F)(F)F)CC=C1. The summed E-state index contributed by atoms with van der Waals surface area (Å²) in [7, 11) is 0. The minimum absolute atomic E-state index is 0.350. The van der Waals surface area contributed by atoms with Gasteiger partial charge in [0.05, 0.1) is 0 Å². The van der Waals surface area contributed by atoms with Gasteiger partial charge in [-0.05, 0) is 32.8 Å². The van der Waals surface area contributed by atoms with Gasteiger partial charge in [-0.1, -0.05) is 66.3 Å². The van der Waals surface area contributed by atoms with Gasteiger partial charge in [-0.3, -0.25) is 0 Å². The first-order valence-corrected chi connectivity index (χ1v) is 7.52. The normalized spacial score (nSPS) is 16.2. The minimum atomic E-state index is -5.32. The highest BCUT2D eigenvalue weighted by Gasteiger charge is 2.57. The molecule has 0 fully saturated rings. The summed E-state index contributed by atoms with van der Waals surface area (Å²) < 4.78 is 74.5. The highest BCUT2D eigenvalue weighted by molar-refractivity contribution is 5.31. The van der Waals surface area contributed by atoms with Gasteiger partial charge in [0, 0.05) is 0 Å². The lowest BCUT2D eigenvalue weighted by Gasteiger charge is -2.24. The molecule has 0 aromatic rings. The molecule has 1 rings (SSSR count). The van der Waals surface area contributed by atoms with E-state index in [0.717, 1.165) is 6.08 Å². The molecule has 0 saturated heterocycles. The minimum Gasteiger partial charge on any atom is -0.170 e. The van der Waals surface area contributed by atoms with E-state index in [1.54, 1.807) is 13.0 Å². The Kier molecular flexibility index (Phi) is 9.31. The second kappa shape index (κ2) is 10.1. The molecule has 0 atom stereocenters. The van der Waals surface area contributed by atoms with Gasteiger partial charge < -0.3 is 0 Å². The van der Waals surface area contributed by atoms with Crippen LogP contribution in [0.5, 0.6) is 0 Å². The smallest absolute Gasteiger partial charge is 0.170 e. The zero-order valence-electron chi connectivity index (χ0n) is 14.4. The predicted molar refractivity (Wildman–Crippen MR) is 90.0 cm³/mol. The summed E-state index contributed by atoms with van der Waals surface area (Å²) in [5, 5.41) is 0. The molecular formula is C19H22F6. The van der Waals surface area contributed by atoms with E-state index in [9.17, 15) is 26.3 Å². The lowest BCUT2D eigenvalue weighted by molar-refractivity contribution is -0.271. The van der Waals surface area contributed by atoms with Gasteiger partial charge in [-0.15, -0.1) is 0 Å². The summed E-state index contributed by atoms with van der Waals surface area (Å²) in [5.41, 5.74) is 1.17. The Morgan fingerprint density at radius 1 is 1.12 bits per heavy atom. The summed E-state index contributed by atoms with van der Waals surface area (Å²) in [4.78, 5) is 0. The zero-order chi connectivity index (χ0) is 19.7. The predicted octanol–water partition coefficient (Wildman–Crippen LogP) is 7.25. The Labute approximate surface area is 144 Å². The first-order chi connectivity index (χ1) is 11.4. The van der Waals surface area contributed by atoms with Gasteiger partial charge in [0.15, 0.2) is 5.92 Å². The van der Waals surface area contributed by atoms with Crippen LogP contribution in [0.15, 0.2) is 71.9 Å². The van der Waals surface area contributed by atoms with Crippen LogP contribution in [0.2, 0.25) is 0 Å². The van der Waals surface area contributed by atoms with Crippen molar-refractivity contribution in [2.45, 2.75) is 39.5 Å². The van der Waals surface area contributed by atoms with Gasteiger partial charge in [0.2, 0.25) is 0 Å². The second-order valence-corrected chi connectivity index (χ2v) is 5.42. The third kappa shape index (κ3) is 9.17. The summed E-state index contributed by atoms with van der Waals surface area (Å²) in [6.07, 6.45) is 1.78. The number of hydrogen-bond donors (Lipinski definition) is 0. The Morgan fingerprint density at radius 3 is 2.12 bits per heavy atom. The molecule has 6 heteroatoms. The summed E-state index contributed by atoms with van der Waals surface area (Å²) in [6, 6.07) is 0. The molecular weight excluding hydrogens is 342 g/mol. The van der Waals surface area contributed by atoms with Crippen molar-refractivity contribution in [1.82, 2.24) is 0 Å². The molecule has 1 aliphatic rings. The van der Waals surface area contributed by atoms with Crippen LogP contribution in [0.1, 0.15) is 27.2 Å². The van der Waals surface area contributed by atoms with Gasteiger partial charge in [0.1, 0.15) is 0 Å².